The second-order valence-corrected chi connectivity index (χ2v) is 6.17. The molecule has 0 aliphatic carbocycles. The van der Waals surface area contributed by atoms with E-state index in [-0.39, 0.29) is 13.2 Å². The summed E-state index contributed by atoms with van der Waals surface area (Å²) in [5.41, 5.74) is 0. The van der Waals surface area contributed by atoms with Crippen LogP contribution in [-0.4, -0.2) is 21.6 Å². The molecular formula is C14H30O4S. The molecule has 0 aliphatic rings. The van der Waals surface area contributed by atoms with E-state index in [1.807, 2.05) is 6.92 Å². The molecule has 0 radical (unpaired) electrons. The average molecular weight is 294 g/mol. The van der Waals surface area contributed by atoms with Crippen LogP contribution in [0, 0.1) is 0 Å². The normalized spacial score (nSPS) is 11.9. The third-order valence-electron chi connectivity index (χ3n) is 2.95. The number of rotatable bonds is 14. The van der Waals surface area contributed by atoms with Crippen LogP contribution in [0.25, 0.3) is 0 Å². The topological polar surface area (TPSA) is 52.6 Å². The summed E-state index contributed by atoms with van der Waals surface area (Å²) in [6, 6.07) is 0. The Labute approximate surface area is 119 Å². The fourth-order valence-electron chi connectivity index (χ4n) is 1.74. The highest BCUT2D eigenvalue weighted by molar-refractivity contribution is 7.81. The smallest absolute Gasteiger partial charge is 0.248 e. The summed E-state index contributed by atoms with van der Waals surface area (Å²) in [6.45, 7) is 4.65. The van der Waals surface area contributed by atoms with Crippen LogP contribution in [0.3, 0.4) is 0 Å². The summed E-state index contributed by atoms with van der Waals surface area (Å²) >= 11 is 0. The molecule has 0 amide bonds. The molecule has 0 rings (SSSR count). The van der Waals surface area contributed by atoms with Crippen LogP contribution in [0.2, 0.25) is 0 Å². The molecule has 0 heterocycles. The van der Waals surface area contributed by atoms with Gasteiger partial charge in [-0.05, 0) is 12.8 Å². The van der Waals surface area contributed by atoms with Crippen LogP contribution in [-0.2, 0) is 18.8 Å². The Morgan fingerprint density at radius 2 is 1.05 bits per heavy atom. The lowest BCUT2D eigenvalue weighted by Gasteiger charge is -2.05. The maximum atomic E-state index is 11.3. The zero-order chi connectivity index (χ0) is 14.4. The van der Waals surface area contributed by atoms with Gasteiger partial charge in [-0.15, -0.1) is 0 Å². The van der Waals surface area contributed by atoms with Gasteiger partial charge in [0.05, 0.1) is 13.2 Å². The van der Waals surface area contributed by atoms with Crippen LogP contribution in [0.1, 0.15) is 78.1 Å². The highest BCUT2D eigenvalue weighted by Gasteiger charge is 2.10. The molecule has 0 aliphatic heterocycles. The SMILES string of the molecule is CCCCCCCCCCOS(=O)(=O)OCCCC. The molecule has 0 aromatic carbocycles. The molecule has 0 spiro atoms. The Morgan fingerprint density at radius 3 is 1.58 bits per heavy atom. The fourth-order valence-corrected chi connectivity index (χ4v) is 2.45. The Bertz CT molecular complexity index is 275. The van der Waals surface area contributed by atoms with Crippen molar-refractivity contribution in [3.63, 3.8) is 0 Å². The summed E-state index contributed by atoms with van der Waals surface area (Å²) in [4.78, 5) is 0. The minimum Gasteiger partial charge on any atom is -0.248 e. The lowest BCUT2D eigenvalue weighted by atomic mass is 10.1. The van der Waals surface area contributed by atoms with Crippen molar-refractivity contribution in [2.45, 2.75) is 78.1 Å². The van der Waals surface area contributed by atoms with E-state index in [4.69, 9.17) is 8.37 Å². The lowest BCUT2D eigenvalue weighted by molar-refractivity contribution is 0.209. The van der Waals surface area contributed by atoms with Crippen molar-refractivity contribution >= 4 is 10.4 Å². The second kappa shape index (κ2) is 12.9. The molecular weight excluding hydrogens is 264 g/mol. The van der Waals surface area contributed by atoms with Crippen LogP contribution in [0.15, 0.2) is 0 Å². The van der Waals surface area contributed by atoms with Crippen molar-refractivity contribution in [3.8, 4) is 0 Å². The van der Waals surface area contributed by atoms with E-state index in [1.165, 1.54) is 32.1 Å². The highest BCUT2D eigenvalue weighted by atomic mass is 32.3. The molecule has 5 heteroatoms. The predicted molar refractivity (Wildman–Crippen MR) is 78.3 cm³/mol. The van der Waals surface area contributed by atoms with Gasteiger partial charge in [-0.2, -0.15) is 8.42 Å². The molecule has 0 atom stereocenters. The van der Waals surface area contributed by atoms with E-state index < -0.39 is 10.4 Å². The highest BCUT2D eigenvalue weighted by Crippen LogP contribution is 2.09. The number of hydrogen-bond donors (Lipinski definition) is 0. The summed E-state index contributed by atoms with van der Waals surface area (Å²) < 4.78 is 32.0. The zero-order valence-electron chi connectivity index (χ0n) is 12.5. The van der Waals surface area contributed by atoms with Gasteiger partial charge in [0.2, 0.25) is 0 Å². The van der Waals surface area contributed by atoms with E-state index in [0.29, 0.717) is 0 Å². The van der Waals surface area contributed by atoms with E-state index >= 15 is 0 Å². The molecule has 0 unspecified atom stereocenters. The maximum absolute atomic E-state index is 11.3. The molecule has 0 bridgehead atoms. The van der Waals surface area contributed by atoms with Gasteiger partial charge in [-0.1, -0.05) is 65.2 Å². The van der Waals surface area contributed by atoms with Crippen molar-refractivity contribution in [3.05, 3.63) is 0 Å². The van der Waals surface area contributed by atoms with Crippen molar-refractivity contribution < 1.29 is 16.8 Å². The Balaban J connectivity index is 3.33. The minimum absolute atomic E-state index is 0.219. The van der Waals surface area contributed by atoms with E-state index in [0.717, 1.165) is 32.1 Å². The van der Waals surface area contributed by atoms with E-state index in [2.05, 4.69) is 6.92 Å². The first-order chi connectivity index (χ1) is 9.12. The third-order valence-corrected chi connectivity index (χ3v) is 3.86. The summed E-state index contributed by atoms with van der Waals surface area (Å²) in [6.07, 6.45) is 11.0. The van der Waals surface area contributed by atoms with Crippen molar-refractivity contribution in [2.24, 2.45) is 0 Å². The number of unbranched alkanes of at least 4 members (excludes halogenated alkanes) is 8. The third kappa shape index (κ3) is 14.1. The molecule has 0 fully saturated rings. The van der Waals surface area contributed by atoms with Crippen LogP contribution in [0.4, 0.5) is 0 Å². The van der Waals surface area contributed by atoms with Gasteiger partial charge in [-0.3, -0.25) is 0 Å². The van der Waals surface area contributed by atoms with Gasteiger partial charge in [0, 0.05) is 0 Å². The van der Waals surface area contributed by atoms with Crippen molar-refractivity contribution in [2.75, 3.05) is 13.2 Å². The van der Waals surface area contributed by atoms with Crippen molar-refractivity contribution in [1.82, 2.24) is 0 Å². The zero-order valence-corrected chi connectivity index (χ0v) is 13.3. The molecule has 0 aromatic heterocycles. The molecule has 116 valence electrons. The molecule has 0 N–H and O–H groups in total. The maximum Gasteiger partial charge on any atom is 0.399 e. The molecule has 4 nitrogen and oxygen atoms in total. The average Bonchev–Trinajstić information content (AvgIpc) is 2.37. The van der Waals surface area contributed by atoms with Gasteiger partial charge in [0.25, 0.3) is 0 Å². The molecule has 0 saturated carbocycles. The fraction of sp³-hybridized carbons (Fsp3) is 1.00. The summed E-state index contributed by atoms with van der Waals surface area (Å²) in [5.74, 6) is 0. The van der Waals surface area contributed by atoms with Crippen molar-refractivity contribution in [1.29, 1.82) is 0 Å². The van der Waals surface area contributed by atoms with Gasteiger partial charge in [0.15, 0.2) is 0 Å². The Morgan fingerprint density at radius 1 is 0.632 bits per heavy atom. The van der Waals surface area contributed by atoms with Gasteiger partial charge in [0.1, 0.15) is 0 Å². The Kier molecular flexibility index (Phi) is 12.8. The standard InChI is InChI=1S/C14H30O4S/c1-3-5-7-8-9-10-11-12-14-18-19(15,16)17-13-6-4-2/h3-14H2,1-2H3. The second-order valence-electron chi connectivity index (χ2n) is 4.88. The monoisotopic (exact) mass is 294 g/mol. The molecule has 0 saturated heterocycles. The van der Waals surface area contributed by atoms with E-state index in [1.54, 1.807) is 0 Å². The van der Waals surface area contributed by atoms with Gasteiger partial charge < -0.3 is 0 Å². The quantitative estimate of drug-likeness (QED) is 0.450. The molecule has 19 heavy (non-hydrogen) atoms. The predicted octanol–water partition coefficient (Wildman–Crippen LogP) is 4.21. The minimum atomic E-state index is -3.76. The Hall–Kier alpha value is -0.130. The first-order valence-corrected chi connectivity index (χ1v) is 8.99. The van der Waals surface area contributed by atoms with Crippen LogP contribution < -0.4 is 0 Å². The summed E-state index contributed by atoms with van der Waals surface area (Å²) in [5, 5.41) is 0. The van der Waals surface area contributed by atoms with Crippen LogP contribution in [0.5, 0.6) is 0 Å². The first kappa shape index (κ1) is 18.9. The molecule has 0 aromatic rings. The number of hydrogen-bond acceptors (Lipinski definition) is 4. The van der Waals surface area contributed by atoms with Gasteiger partial charge in [-0.25, -0.2) is 8.37 Å². The first-order valence-electron chi connectivity index (χ1n) is 7.66. The summed E-state index contributed by atoms with van der Waals surface area (Å²) in [7, 11) is -3.76. The van der Waals surface area contributed by atoms with E-state index in [9.17, 15) is 8.42 Å². The lowest BCUT2D eigenvalue weighted by Crippen LogP contribution is -2.11. The largest absolute Gasteiger partial charge is 0.399 e. The van der Waals surface area contributed by atoms with Gasteiger partial charge >= 0.3 is 10.4 Å². The van der Waals surface area contributed by atoms with Crippen LogP contribution >= 0.6 is 0 Å².